The Morgan fingerprint density at radius 1 is 1.39 bits per heavy atom. The summed E-state index contributed by atoms with van der Waals surface area (Å²) in [6.07, 6.45) is -0.245. The summed E-state index contributed by atoms with van der Waals surface area (Å²) in [4.78, 5) is 18.8. The van der Waals surface area contributed by atoms with E-state index in [4.69, 9.17) is 9.47 Å². The van der Waals surface area contributed by atoms with Gasteiger partial charge in [-0.05, 0) is 40.7 Å². The molecule has 2 heterocycles. The largest absolute Gasteiger partial charge is 0.475 e. The molecule has 1 aromatic rings. The summed E-state index contributed by atoms with van der Waals surface area (Å²) in [5, 5.41) is 3.31. The van der Waals surface area contributed by atoms with Crippen LogP contribution in [0.25, 0.3) is 0 Å². The van der Waals surface area contributed by atoms with Crippen molar-refractivity contribution in [1.29, 1.82) is 0 Å². The van der Waals surface area contributed by atoms with Crippen LogP contribution in [-0.4, -0.2) is 47.3 Å². The SMILES string of the molecule is CC(C)Oc1cccc(C2CNCCN2C(=O)OC(C)(C)C)n1. The average Bonchev–Trinajstić information content (AvgIpc) is 2.45. The van der Waals surface area contributed by atoms with Gasteiger partial charge in [0.15, 0.2) is 0 Å². The highest BCUT2D eigenvalue weighted by atomic mass is 16.6. The van der Waals surface area contributed by atoms with Gasteiger partial charge in [0, 0.05) is 25.7 Å². The van der Waals surface area contributed by atoms with Crippen LogP contribution >= 0.6 is 0 Å². The van der Waals surface area contributed by atoms with Crippen molar-refractivity contribution in [2.24, 2.45) is 0 Å². The molecule has 1 fully saturated rings. The second kappa shape index (κ2) is 7.17. The molecule has 1 amide bonds. The molecular weight excluding hydrogens is 294 g/mol. The first-order valence-corrected chi connectivity index (χ1v) is 8.10. The van der Waals surface area contributed by atoms with Crippen LogP contribution in [0.2, 0.25) is 0 Å². The first-order chi connectivity index (χ1) is 10.8. The highest BCUT2D eigenvalue weighted by molar-refractivity contribution is 5.69. The fraction of sp³-hybridized carbons (Fsp3) is 0.647. The van der Waals surface area contributed by atoms with Gasteiger partial charge in [-0.3, -0.25) is 4.90 Å². The van der Waals surface area contributed by atoms with Crippen LogP contribution in [0.3, 0.4) is 0 Å². The van der Waals surface area contributed by atoms with Crippen LogP contribution in [0.5, 0.6) is 5.88 Å². The summed E-state index contributed by atoms with van der Waals surface area (Å²) in [7, 11) is 0. The van der Waals surface area contributed by atoms with E-state index in [0.29, 0.717) is 19.0 Å². The Morgan fingerprint density at radius 2 is 2.13 bits per heavy atom. The van der Waals surface area contributed by atoms with Crippen LogP contribution in [-0.2, 0) is 4.74 Å². The van der Waals surface area contributed by atoms with Gasteiger partial charge in [0.2, 0.25) is 5.88 Å². The minimum absolute atomic E-state index is 0.0594. The van der Waals surface area contributed by atoms with Crippen molar-refractivity contribution in [3.8, 4) is 5.88 Å². The van der Waals surface area contributed by atoms with Crippen LogP contribution in [0.15, 0.2) is 18.2 Å². The Morgan fingerprint density at radius 3 is 2.78 bits per heavy atom. The number of ether oxygens (including phenoxy) is 2. The van der Waals surface area contributed by atoms with E-state index in [1.54, 1.807) is 4.90 Å². The first-order valence-electron chi connectivity index (χ1n) is 8.10. The number of hydrogen-bond acceptors (Lipinski definition) is 5. The fourth-order valence-electron chi connectivity index (χ4n) is 2.43. The zero-order valence-corrected chi connectivity index (χ0v) is 14.6. The predicted octanol–water partition coefficient (Wildman–Crippen LogP) is 2.75. The number of piperazine rings is 1. The van der Waals surface area contributed by atoms with Gasteiger partial charge >= 0.3 is 6.09 Å². The van der Waals surface area contributed by atoms with E-state index >= 15 is 0 Å². The molecule has 128 valence electrons. The van der Waals surface area contributed by atoms with Crippen molar-refractivity contribution in [1.82, 2.24) is 15.2 Å². The second-order valence-electron chi connectivity index (χ2n) is 6.96. The molecule has 1 aliphatic rings. The highest BCUT2D eigenvalue weighted by Gasteiger charge is 2.32. The summed E-state index contributed by atoms with van der Waals surface area (Å²) in [5.41, 5.74) is 0.295. The third-order valence-corrected chi connectivity index (χ3v) is 3.31. The van der Waals surface area contributed by atoms with Crippen molar-refractivity contribution < 1.29 is 14.3 Å². The van der Waals surface area contributed by atoms with E-state index in [1.165, 1.54) is 0 Å². The van der Waals surface area contributed by atoms with Crippen molar-refractivity contribution in [3.63, 3.8) is 0 Å². The number of carbonyl (C=O) groups excluding carboxylic acids is 1. The normalized spacial score (nSPS) is 18.9. The smallest absolute Gasteiger partial charge is 0.410 e. The summed E-state index contributed by atoms with van der Waals surface area (Å²) < 4.78 is 11.2. The van der Waals surface area contributed by atoms with Crippen LogP contribution < -0.4 is 10.1 Å². The molecule has 0 aliphatic carbocycles. The number of nitrogens with zero attached hydrogens (tertiary/aromatic N) is 2. The number of hydrogen-bond donors (Lipinski definition) is 1. The van der Waals surface area contributed by atoms with Crippen molar-refractivity contribution in [2.75, 3.05) is 19.6 Å². The molecule has 0 aromatic carbocycles. The molecule has 6 heteroatoms. The molecule has 0 spiro atoms. The Balaban J connectivity index is 2.19. The van der Waals surface area contributed by atoms with Crippen LogP contribution in [0.1, 0.15) is 46.4 Å². The Kier molecular flexibility index (Phi) is 5.46. The fourth-order valence-corrected chi connectivity index (χ4v) is 2.43. The Hall–Kier alpha value is -1.82. The predicted molar refractivity (Wildman–Crippen MR) is 88.6 cm³/mol. The van der Waals surface area contributed by atoms with Gasteiger partial charge in [-0.15, -0.1) is 0 Å². The van der Waals surface area contributed by atoms with Gasteiger partial charge in [0.25, 0.3) is 0 Å². The van der Waals surface area contributed by atoms with E-state index in [0.717, 1.165) is 12.2 Å². The maximum atomic E-state index is 12.5. The Labute approximate surface area is 138 Å². The maximum Gasteiger partial charge on any atom is 0.410 e. The van der Waals surface area contributed by atoms with Gasteiger partial charge in [-0.1, -0.05) is 6.07 Å². The number of pyridine rings is 1. The summed E-state index contributed by atoms with van der Waals surface area (Å²) in [6, 6.07) is 5.50. The lowest BCUT2D eigenvalue weighted by Gasteiger charge is -2.36. The number of nitrogens with one attached hydrogen (secondary N) is 1. The van der Waals surface area contributed by atoms with Gasteiger partial charge in [0.05, 0.1) is 17.8 Å². The van der Waals surface area contributed by atoms with Crippen molar-refractivity contribution in [2.45, 2.75) is 52.4 Å². The molecule has 1 saturated heterocycles. The molecule has 6 nitrogen and oxygen atoms in total. The lowest BCUT2D eigenvalue weighted by Crippen LogP contribution is -2.50. The highest BCUT2D eigenvalue weighted by Crippen LogP contribution is 2.24. The number of amides is 1. The molecule has 0 bridgehead atoms. The molecule has 0 radical (unpaired) electrons. The van der Waals surface area contributed by atoms with Gasteiger partial charge < -0.3 is 14.8 Å². The summed E-state index contributed by atoms with van der Waals surface area (Å²) in [5.74, 6) is 0.576. The molecular formula is C17H27N3O3. The van der Waals surface area contributed by atoms with Crippen LogP contribution in [0, 0.1) is 0 Å². The van der Waals surface area contributed by atoms with E-state index in [9.17, 15) is 4.79 Å². The third kappa shape index (κ3) is 5.10. The maximum absolute atomic E-state index is 12.5. The average molecular weight is 321 g/mol. The van der Waals surface area contributed by atoms with Crippen molar-refractivity contribution >= 4 is 6.09 Å². The molecule has 1 aliphatic heterocycles. The van der Waals surface area contributed by atoms with E-state index in [-0.39, 0.29) is 18.2 Å². The van der Waals surface area contributed by atoms with Crippen LogP contribution in [0.4, 0.5) is 4.79 Å². The zero-order valence-electron chi connectivity index (χ0n) is 14.6. The Bertz CT molecular complexity index is 540. The lowest BCUT2D eigenvalue weighted by molar-refractivity contribution is 0.0112. The molecule has 1 unspecified atom stereocenters. The topological polar surface area (TPSA) is 63.7 Å². The monoisotopic (exact) mass is 321 g/mol. The molecule has 0 saturated carbocycles. The minimum Gasteiger partial charge on any atom is -0.475 e. The van der Waals surface area contributed by atoms with Gasteiger partial charge in [-0.25, -0.2) is 9.78 Å². The van der Waals surface area contributed by atoms with Crippen molar-refractivity contribution in [3.05, 3.63) is 23.9 Å². The third-order valence-electron chi connectivity index (χ3n) is 3.31. The first kappa shape index (κ1) is 17.5. The number of rotatable bonds is 3. The molecule has 23 heavy (non-hydrogen) atoms. The van der Waals surface area contributed by atoms with E-state index < -0.39 is 5.60 Å². The quantitative estimate of drug-likeness (QED) is 0.927. The molecule has 1 atom stereocenters. The zero-order chi connectivity index (χ0) is 17.0. The lowest BCUT2D eigenvalue weighted by atomic mass is 10.1. The molecule has 1 N–H and O–H groups in total. The van der Waals surface area contributed by atoms with E-state index in [2.05, 4.69) is 10.3 Å². The standard InChI is InChI=1S/C17H27N3O3/c1-12(2)22-15-8-6-7-13(19-15)14-11-18-9-10-20(14)16(21)23-17(3,4)5/h6-8,12,14,18H,9-11H2,1-5H3. The summed E-state index contributed by atoms with van der Waals surface area (Å²) >= 11 is 0. The molecule has 1 aromatic heterocycles. The number of aromatic nitrogens is 1. The van der Waals surface area contributed by atoms with Gasteiger partial charge in [0.1, 0.15) is 5.60 Å². The minimum atomic E-state index is -0.511. The number of carbonyl (C=O) groups is 1. The summed E-state index contributed by atoms with van der Waals surface area (Å²) in [6.45, 7) is 11.5. The van der Waals surface area contributed by atoms with E-state index in [1.807, 2.05) is 52.8 Å². The van der Waals surface area contributed by atoms with Gasteiger partial charge in [-0.2, -0.15) is 0 Å². The molecule has 2 rings (SSSR count). The second-order valence-corrected chi connectivity index (χ2v) is 6.96.